The Morgan fingerprint density at radius 3 is 2.74 bits per heavy atom. The molecule has 2 unspecified atom stereocenters. The second-order valence-electron chi connectivity index (χ2n) is 9.52. The predicted octanol–water partition coefficient (Wildman–Crippen LogP) is 3.07. The first-order chi connectivity index (χ1) is 17.1. The van der Waals surface area contributed by atoms with Gasteiger partial charge >= 0.3 is 0 Å². The number of aromatic nitrogens is 3. The molecular formula is C25H29FN6O2S. The number of nitrogens with one attached hydrogen (secondary N) is 1. The van der Waals surface area contributed by atoms with Crippen molar-refractivity contribution in [2.75, 3.05) is 50.9 Å². The predicted molar refractivity (Wildman–Crippen MR) is 134 cm³/mol. The van der Waals surface area contributed by atoms with E-state index >= 15 is 0 Å². The molecular weight excluding hydrogens is 467 g/mol. The molecule has 6 rings (SSSR count). The maximum absolute atomic E-state index is 14.6. The topological polar surface area (TPSA) is 83.5 Å². The average Bonchev–Trinajstić information content (AvgIpc) is 3.41. The van der Waals surface area contributed by atoms with E-state index in [4.69, 9.17) is 4.74 Å². The van der Waals surface area contributed by atoms with Crippen LogP contribution in [0.3, 0.4) is 0 Å². The minimum atomic E-state index is -0.309. The molecule has 3 aromatic rings. The zero-order valence-electron chi connectivity index (χ0n) is 19.5. The molecule has 10 heteroatoms. The number of pyridine rings is 3. The van der Waals surface area contributed by atoms with Crippen LogP contribution in [0, 0.1) is 17.7 Å². The van der Waals surface area contributed by atoms with Crippen molar-refractivity contribution in [3.05, 3.63) is 47.5 Å². The summed E-state index contributed by atoms with van der Waals surface area (Å²) in [4.78, 5) is 30.9. The van der Waals surface area contributed by atoms with Crippen LogP contribution in [0.25, 0.3) is 11.0 Å². The number of rotatable bonds is 6. The van der Waals surface area contributed by atoms with Crippen LogP contribution in [-0.4, -0.2) is 76.2 Å². The molecule has 3 aliphatic rings. The first-order valence-electron chi connectivity index (χ1n) is 11.9. The Balaban J connectivity index is 0.00000267. The van der Waals surface area contributed by atoms with Gasteiger partial charge in [0.2, 0.25) is 11.8 Å². The van der Waals surface area contributed by atoms with Crippen molar-refractivity contribution in [1.29, 1.82) is 0 Å². The summed E-state index contributed by atoms with van der Waals surface area (Å²) in [5.74, 6) is 2.54. The van der Waals surface area contributed by atoms with E-state index in [1.807, 2.05) is 6.07 Å². The van der Waals surface area contributed by atoms with Gasteiger partial charge in [-0.05, 0) is 36.5 Å². The zero-order valence-corrected chi connectivity index (χ0v) is 20.4. The lowest BCUT2D eigenvalue weighted by atomic mass is 10.0. The van der Waals surface area contributed by atoms with E-state index in [1.165, 1.54) is 18.0 Å². The number of likely N-dealkylation sites (tertiary alicyclic amines) is 2. The Bertz CT molecular complexity index is 1280. The molecule has 2 saturated heterocycles. The summed E-state index contributed by atoms with van der Waals surface area (Å²) < 4.78 is 19.9. The molecule has 6 heterocycles. The number of carbonyl (C=O) groups excluding carboxylic acids is 1. The molecule has 0 aliphatic carbocycles. The van der Waals surface area contributed by atoms with Crippen LogP contribution in [0.2, 0.25) is 0 Å². The summed E-state index contributed by atoms with van der Waals surface area (Å²) >= 11 is 1.54. The van der Waals surface area contributed by atoms with Crippen molar-refractivity contribution < 1.29 is 15.3 Å². The summed E-state index contributed by atoms with van der Waals surface area (Å²) in [7, 11) is 1.56. The van der Waals surface area contributed by atoms with Crippen molar-refractivity contribution in [3.63, 3.8) is 0 Å². The van der Waals surface area contributed by atoms with Crippen LogP contribution in [0.15, 0.2) is 35.4 Å². The average molecular weight is 497 g/mol. The molecule has 0 saturated carbocycles. The van der Waals surface area contributed by atoms with E-state index in [0.717, 1.165) is 49.9 Å². The molecule has 35 heavy (non-hydrogen) atoms. The number of ether oxygens (including phenoxy) is 1. The number of hydrogen-bond donors (Lipinski definition) is 1. The molecule has 1 amide bonds. The first-order valence-corrected chi connectivity index (χ1v) is 12.9. The first kappa shape index (κ1) is 22.6. The lowest BCUT2D eigenvalue weighted by Gasteiger charge is -2.22. The highest BCUT2D eigenvalue weighted by molar-refractivity contribution is 8.00. The van der Waals surface area contributed by atoms with Crippen molar-refractivity contribution in [2.24, 2.45) is 11.8 Å². The van der Waals surface area contributed by atoms with Gasteiger partial charge in [-0.1, -0.05) is 0 Å². The van der Waals surface area contributed by atoms with Gasteiger partial charge in [0.1, 0.15) is 11.6 Å². The van der Waals surface area contributed by atoms with Gasteiger partial charge in [-0.25, -0.2) is 14.4 Å². The Labute approximate surface area is 208 Å². The highest BCUT2D eigenvalue weighted by atomic mass is 32.2. The van der Waals surface area contributed by atoms with Gasteiger partial charge in [0.25, 0.3) is 0 Å². The van der Waals surface area contributed by atoms with E-state index in [0.29, 0.717) is 52.3 Å². The molecule has 3 aliphatic heterocycles. The summed E-state index contributed by atoms with van der Waals surface area (Å²) in [5.41, 5.74) is 2.87. The van der Waals surface area contributed by atoms with Crippen LogP contribution >= 0.6 is 11.8 Å². The molecule has 3 aromatic heterocycles. The lowest BCUT2D eigenvalue weighted by Crippen LogP contribution is -2.30. The summed E-state index contributed by atoms with van der Waals surface area (Å²) in [5, 5.41) is 2.88. The van der Waals surface area contributed by atoms with Gasteiger partial charge in [-0.15, -0.1) is 11.8 Å². The van der Waals surface area contributed by atoms with Crippen molar-refractivity contribution in [2.45, 2.75) is 17.9 Å². The number of fused-ring (bicyclic) bond motifs is 3. The SMILES string of the molecule is COc1ccc2ncc(F)c(CCN3CC4CN(Cc5ccc6c(n5)NC(=O)CS6)CC4C3)c2n1.[HH]. The number of carbonyl (C=O) groups is 1. The van der Waals surface area contributed by atoms with Crippen molar-refractivity contribution in [3.8, 4) is 5.88 Å². The Morgan fingerprint density at radius 1 is 1.14 bits per heavy atom. The number of halogens is 1. The van der Waals surface area contributed by atoms with Crippen LogP contribution in [0.4, 0.5) is 10.2 Å². The Morgan fingerprint density at radius 2 is 1.94 bits per heavy atom. The highest BCUT2D eigenvalue weighted by Crippen LogP contribution is 2.34. The van der Waals surface area contributed by atoms with Crippen LogP contribution in [-0.2, 0) is 17.8 Å². The van der Waals surface area contributed by atoms with Gasteiger partial charge in [0.05, 0.1) is 40.7 Å². The van der Waals surface area contributed by atoms with E-state index < -0.39 is 0 Å². The van der Waals surface area contributed by atoms with E-state index in [-0.39, 0.29) is 13.2 Å². The Kier molecular flexibility index (Phi) is 6.03. The fraction of sp³-hybridized carbons (Fsp3) is 0.440. The molecule has 0 bridgehead atoms. The van der Waals surface area contributed by atoms with E-state index in [2.05, 4.69) is 42.2 Å². The van der Waals surface area contributed by atoms with Crippen LogP contribution < -0.4 is 10.1 Å². The normalized spacial score (nSPS) is 22.3. The molecule has 2 atom stereocenters. The maximum Gasteiger partial charge on any atom is 0.235 e. The van der Waals surface area contributed by atoms with Crippen LogP contribution in [0.5, 0.6) is 5.88 Å². The van der Waals surface area contributed by atoms with Crippen molar-refractivity contribution in [1.82, 2.24) is 24.8 Å². The third-order valence-corrected chi connectivity index (χ3v) is 8.23. The smallest absolute Gasteiger partial charge is 0.235 e. The Hall–Kier alpha value is -2.82. The fourth-order valence-electron chi connectivity index (χ4n) is 5.52. The number of anilines is 1. The number of nitrogens with zero attached hydrogens (tertiary/aromatic N) is 5. The monoisotopic (exact) mass is 496 g/mol. The highest BCUT2D eigenvalue weighted by Gasteiger charge is 2.39. The van der Waals surface area contributed by atoms with Gasteiger partial charge < -0.3 is 15.0 Å². The standard InChI is InChI=1S/C25H27FN6O2S.H2/c1-34-23-5-3-20-24(30-23)18(19(26)8-27-20)6-7-31-9-15-11-32(12-16(15)10-31)13-17-2-4-21-25(28-17)29-22(33)14-35-21;/h2-5,8,15-16H,6-7,9-14H2,1H3,(H,28,29,33);1H. The molecule has 1 N–H and O–H groups in total. The minimum absolute atomic E-state index is 0. The third-order valence-electron chi connectivity index (χ3n) is 7.18. The molecule has 184 valence electrons. The third kappa shape index (κ3) is 4.57. The largest absolute Gasteiger partial charge is 0.481 e. The second-order valence-corrected chi connectivity index (χ2v) is 10.5. The number of amides is 1. The number of hydrogen-bond acceptors (Lipinski definition) is 8. The number of methoxy groups -OCH3 is 1. The zero-order chi connectivity index (χ0) is 23.9. The van der Waals surface area contributed by atoms with E-state index in [9.17, 15) is 9.18 Å². The van der Waals surface area contributed by atoms with Gasteiger partial charge in [-0.2, -0.15) is 0 Å². The summed E-state index contributed by atoms with van der Waals surface area (Å²) in [6.07, 6.45) is 1.89. The van der Waals surface area contributed by atoms with E-state index in [1.54, 1.807) is 13.2 Å². The molecule has 2 fully saturated rings. The number of thioether (sulfide) groups is 1. The maximum atomic E-state index is 14.6. The summed E-state index contributed by atoms with van der Waals surface area (Å²) in [6, 6.07) is 7.70. The summed E-state index contributed by atoms with van der Waals surface area (Å²) in [6.45, 7) is 5.70. The molecule has 0 radical (unpaired) electrons. The van der Waals surface area contributed by atoms with Crippen molar-refractivity contribution >= 4 is 34.5 Å². The second kappa shape index (κ2) is 9.33. The lowest BCUT2D eigenvalue weighted by molar-refractivity contribution is -0.113. The quantitative estimate of drug-likeness (QED) is 0.558. The van der Waals surface area contributed by atoms with Crippen LogP contribution in [0.1, 0.15) is 12.7 Å². The minimum Gasteiger partial charge on any atom is -0.481 e. The molecule has 0 spiro atoms. The van der Waals surface area contributed by atoms with Gasteiger partial charge in [0, 0.05) is 52.3 Å². The fourth-order valence-corrected chi connectivity index (χ4v) is 6.28. The van der Waals surface area contributed by atoms with Gasteiger partial charge in [-0.3, -0.25) is 14.7 Å². The molecule has 0 aromatic carbocycles. The van der Waals surface area contributed by atoms with Gasteiger partial charge in [0.15, 0.2) is 0 Å². The molecule has 8 nitrogen and oxygen atoms in total.